The molecular formula is C10H10N2NaO3. The number of carboxylic acids is 1. The maximum atomic E-state index is 11.1. The molecule has 1 amide bonds. The summed E-state index contributed by atoms with van der Waals surface area (Å²) in [5, 5.41) is 10.8. The fourth-order valence-electron chi connectivity index (χ4n) is 0.897. The Morgan fingerprint density at radius 3 is 2.25 bits per heavy atom. The van der Waals surface area contributed by atoms with Crippen molar-refractivity contribution in [1.82, 2.24) is 0 Å². The van der Waals surface area contributed by atoms with Crippen molar-refractivity contribution in [1.29, 1.82) is 0 Å². The first-order valence-corrected chi connectivity index (χ1v) is 4.15. The molecule has 0 fully saturated rings. The molecule has 0 atom stereocenters. The van der Waals surface area contributed by atoms with Crippen LogP contribution in [0, 0.1) is 0 Å². The maximum absolute atomic E-state index is 11.1. The summed E-state index contributed by atoms with van der Waals surface area (Å²) in [5.41, 5.74) is 6.60. The van der Waals surface area contributed by atoms with Gasteiger partial charge in [-0.05, 0) is 24.3 Å². The van der Waals surface area contributed by atoms with Crippen LogP contribution >= 0.6 is 0 Å². The van der Waals surface area contributed by atoms with Crippen molar-refractivity contribution in [2.24, 2.45) is 0 Å². The fraction of sp³-hybridized carbons (Fsp3) is 0. The van der Waals surface area contributed by atoms with Crippen molar-refractivity contribution in [2.75, 3.05) is 11.1 Å². The molecule has 1 rings (SSSR count). The van der Waals surface area contributed by atoms with Crippen LogP contribution in [0.2, 0.25) is 0 Å². The number of hydrogen-bond donors (Lipinski definition) is 3. The Morgan fingerprint density at radius 1 is 1.19 bits per heavy atom. The van der Waals surface area contributed by atoms with Gasteiger partial charge in [0.2, 0.25) is 5.91 Å². The molecule has 4 N–H and O–H groups in total. The average molecular weight is 229 g/mol. The molecule has 5 nitrogen and oxygen atoms in total. The Bertz CT molecular complexity index is 401. The van der Waals surface area contributed by atoms with Gasteiger partial charge >= 0.3 is 5.97 Å². The van der Waals surface area contributed by atoms with Gasteiger partial charge in [0.15, 0.2) is 0 Å². The van der Waals surface area contributed by atoms with Gasteiger partial charge in [0, 0.05) is 53.1 Å². The molecule has 0 saturated carbocycles. The number of rotatable bonds is 3. The third-order valence-electron chi connectivity index (χ3n) is 1.56. The third-order valence-corrected chi connectivity index (χ3v) is 1.56. The van der Waals surface area contributed by atoms with Crippen molar-refractivity contribution in [2.45, 2.75) is 0 Å². The molecule has 0 aliphatic carbocycles. The first-order chi connectivity index (χ1) is 7.08. The number of nitrogen functional groups attached to an aromatic ring is 1. The van der Waals surface area contributed by atoms with Gasteiger partial charge in [-0.25, -0.2) is 4.79 Å². The second-order valence-corrected chi connectivity index (χ2v) is 2.78. The molecule has 0 aromatic heterocycles. The summed E-state index contributed by atoms with van der Waals surface area (Å²) in [4.78, 5) is 21.2. The predicted octanol–water partition coefficient (Wildman–Crippen LogP) is 0.467. The molecule has 0 unspecified atom stereocenters. The van der Waals surface area contributed by atoms with Crippen LogP contribution < -0.4 is 11.1 Å². The van der Waals surface area contributed by atoms with Gasteiger partial charge in [-0.2, -0.15) is 0 Å². The number of aliphatic carboxylic acids is 1. The normalized spacial score (nSPS) is 9.50. The van der Waals surface area contributed by atoms with Gasteiger partial charge in [-0.3, -0.25) is 4.79 Å². The molecule has 6 heteroatoms. The number of hydrogen-bond acceptors (Lipinski definition) is 3. The minimum Gasteiger partial charge on any atom is -0.478 e. The smallest absolute Gasteiger partial charge is 0.328 e. The van der Waals surface area contributed by atoms with E-state index in [-0.39, 0.29) is 29.6 Å². The number of carbonyl (C=O) groups is 2. The molecule has 0 aliphatic heterocycles. The van der Waals surface area contributed by atoms with Crippen LogP contribution in [0.1, 0.15) is 0 Å². The summed E-state index contributed by atoms with van der Waals surface area (Å²) in [5.74, 6) is -1.66. The van der Waals surface area contributed by atoms with Crippen molar-refractivity contribution in [3.05, 3.63) is 36.4 Å². The van der Waals surface area contributed by atoms with Crippen molar-refractivity contribution in [3.63, 3.8) is 0 Å². The monoisotopic (exact) mass is 229 g/mol. The largest absolute Gasteiger partial charge is 0.478 e. The second-order valence-electron chi connectivity index (χ2n) is 2.78. The van der Waals surface area contributed by atoms with Gasteiger partial charge in [-0.1, -0.05) is 0 Å². The summed E-state index contributed by atoms with van der Waals surface area (Å²) in [6.45, 7) is 0. The van der Waals surface area contributed by atoms with E-state index in [0.717, 1.165) is 12.2 Å². The van der Waals surface area contributed by atoms with E-state index in [9.17, 15) is 9.59 Å². The van der Waals surface area contributed by atoms with E-state index in [4.69, 9.17) is 10.8 Å². The molecule has 1 aromatic carbocycles. The second kappa shape index (κ2) is 7.05. The molecule has 0 spiro atoms. The SMILES string of the molecule is Nc1ccc(NC(=O)/C=C\C(=O)O)cc1.[Na]. The average Bonchev–Trinajstić information content (AvgIpc) is 2.19. The van der Waals surface area contributed by atoms with Crippen LogP contribution in [0.5, 0.6) is 0 Å². The summed E-state index contributed by atoms with van der Waals surface area (Å²) < 4.78 is 0. The molecule has 79 valence electrons. The van der Waals surface area contributed by atoms with Crippen molar-refractivity contribution < 1.29 is 14.7 Å². The number of carboxylic acid groups (broad SMARTS) is 1. The number of nitrogens with two attached hydrogens (primary N) is 1. The van der Waals surface area contributed by atoms with Crippen molar-refractivity contribution >= 4 is 52.8 Å². The summed E-state index contributed by atoms with van der Waals surface area (Å²) in [6, 6.07) is 6.52. The van der Waals surface area contributed by atoms with Gasteiger partial charge < -0.3 is 16.2 Å². The molecular weight excluding hydrogens is 219 g/mol. The van der Waals surface area contributed by atoms with Gasteiger partial charge in [0.25, 0.3) is 0 Å². The van der Waals surface area contributed by atoms with E-state index in [2.05, 4.69) is 5.32 Å². The molecule has 0 aliphatic rings. The minimum atomic E-state index is -1.16. The van der Waals surface area contributed by atoms with Gasteiger partial charge in [-0.15, -0.1) is 0 Å². The standard InChI is InChI=1S/C10H10N2O3.Na/c11-7-1-3-8(4-2-7)12-9(13)5-6-10(14)15;/h1-6H,11H2,(H,12,13)(H,14,15);/b6-5-;. The maximum Gasteiger partial charge on any atom is 0.328 e. The number of nitrogens with one attached hydrogen (secondary N) is 1. The van der Waals surface area contributed by atoms with E-state index >= 15 is 0 Å². The zero-order valence-corrected chi connectivity index (χ0v) is 10.8. The predicted molar refractivity (Wildman–Crippen MR) is 62.0 cm³/mol. The van der Waals surface area contributed by atoms with E-state index < -0.39 is 11.9 Å². The molecule has 1 aromatic rings. The number of benzene rings is 1. The van der Waals surface area contributed by atoms with Gasteiger partial charge in [0.05, 0.1) is 0 Å². The van der Waals surface area contributed by atoms with Crippen LogP contribution in [0.3, 0.4) is 0 Å². The Morgan fingerprint density at radius 2 is 1.75 bits per heavy atom. The number of carbonyl (C=O) groups excluding carboxylic acids is 1. The van der Waals surface area contributed by atoms with E-state index in [1.165, 1.54) is 0 Å². The Hall–Kier alpha value is -1.30. The first kappa shape index (κ1) is 14.7. The molecule has 1 radical (unpaired) electrons. The molecule has 0 bridgehead atoms. The molecule has 0 heterocycles. The van der Waals surface area contributed by atoms with E-state index in [1.807, 2.05) is 0 Å². The minimum absolute atomic E-state index is 0. The van der Waals surface area contributed by atoms with Crippen LogP contribution in [-0.4, -0.2) is 46.5 Å². The van der Waals surface area contributed by atoms with Gasteiger partial charge in [0.1, 0.15) is 0 Å². The summed E-state index contributed by atoms with van der Waals surface area (Å²) in [7, 11) is 0. The topological polar surface area (TPSA) is 92.4 Å². The number of anilines is 2. The van der Waals surface area contributed by atoms with Crippen LogP contribution in [0.25, 0.3) is 0 Å². The zero-order valence-electron chi connectivity index (χ0n) is 8.81. The summed E-state index contributed by atoms with van der Waals surface area (Å²) in [6.07, 6.45) is 1.71. The van der Waals surface area contributed by atoms with E-state index in [1.54, 1.807) is 24.3 Å². The zero-order chi connectivity index (χ0) is 11.3. The Labute approximate surface area is 115 Å². The van der Waals surface area contributed by atoms with E-state index in [0.29, 0.717) is 11.4 Å². The van der Waals surface area contributed by atoms with Crippen LogP contribution in [0.15, 0.2) is 36.4 Å². The summed E-state index contributed by atoms with van der Waals surface area (Å²) >= 11 is 0. The third kappa shape index (κ3) is 5.55. The van der Waals surface area contributed by atoms with Crippen molar-refractivity contribution in [3.8, 4) is 0 Å². The first-order valence-electron chi connectivity index (χ1n) is 4.15. The molecule has 0 saturated heterocycles. The van der Waals surface area contributed by atoms with Crippen LogP contribution in [-0.2, 0) is 9.59 Å². The Kier molecular flexibility index (Phi) is 6.48. The Balaban J connectivity index is 0.00000225. The van der Waals surface area contributed by atoms with Crippen LogP contribution in [0.4, 0.5) is 11.4 Å². The molecule has 16 heavy (non-hydrogen) atoms. The fourth-order valence-corrected chi connectivity index (χ4v) is 0.897. The quantitative estimate of drug-likeness (QED) is 0.399. The number of amides is 1.